The summed E-state index contributed by atoms with van der Waals surface area (Å²) in [5, 5.41) is 68.0. The fraction of sp³-hybridized carbons (Fsp3) is 0.561. The third-order valence-corrected chi connectivity index (χ3v) is 15.4. The highest BCUT2D eigenvalue weighted by Gasteiger charge is 2.59. The van der Waals surface area contributed by atoms with Crippen LogP contribution in [0.3, 0.4) is 0 Å². The minimum Gasteiger partial charge on any atom is -0.508 e. The molecule has 0 spiro atoms. The van der Waals surface area contributed by atoms with Crippen molar-refractivity contribution in [3.63, 3.8) is 0 Å². The number of benzene rings is 3. The van der Waals surface area contributed by atoms with Crippen LogP contribution in [0.25, 0.3) is 11.1 Å². The van der Waals surface area contributed by atoms with Gasteiger partial charge >= 0.3 is 0 Å². The van der Waals surface area contributed by atoms with Gasteiger partial charge in [-0.25, -0.2) is 0 Å². The van der Waals surface area contributed by atoms with Crippen LogP contribution in [-0.2, 0) is 5.60 Å². The number of phenolic OH excluding ortho intramolecular Hbond substituents is 3. The third-order valence-electron chi connectivity index (χ3n) is 12.4. The zero-order chi connectivity index (χ0) is 37.0. The molecular weight excluding hydrogens is 717 g/mol. The molecule has 0 amide bonds. The highest BCUT2D eigenvalue weighted by molar-refractivity contribution is 8.76. The van der Waals surface area contributed by atoms with Gasteiger partial charge in [0.25, 0.3) is 0 Å². The maximum absolute atomic E-state index is 12.9. The summed E-state index contributed by atoms with van der Waals surface area (Å²) in [6, 6.07) is 8.82. The first-order chi connectivity index (χ1) is 25.7. The van der Waals surface area contributed by atoms with E-state index in [2.05, 4.69) is 6.92 Å². The van der Waals surface area contributed by atoms with E-state index in [1.165, 1.54) is 7.11 Å². The van der Waals surface area contributed by atoms with Gasteiger partial charge in [0, 0.05) is 45.6 Å². The number of methoxy groups -OCH3 is 1. The van der Waals surface area contributed by atoms with Gasteiger partial charge in [-0.1, -0.05) is 41.0 Å². The van der Waals surface area contributed by atoms with Crippen LogP contribution in [-0.4, -0.2) is 80.8 Å². The van der Waals surface area contributed by atoms with Crippen molar-refractivity contribution in [2.24, 2.45) is 5.92 Å². The van der Waals surface area contributed by atoms with E-state index in [-0.39, 0.29) is 71.4 Å². The molecular formula is C41H50O10S2. The number of ether oxygens (including phenoxy) is 4. The Balaban J connectivity index is 1.38. The van der Waals surface area contributed by atoms with Gasteiger partial charge in [0.05, 0.1) is 26.4 Å². The van der Waals surface area contributed by atoms with Crippen molar-refractivity contribution in [2.75, 3.05) is 32.7 Å². The molecule has 10 nitrogen and oxygen atoms in total. The smallest absolute Gasteiger partial charge is 0.207 e. The first-order valence-corrected chi connectivity index (χ1v) is 21.4. The molecule has 5 aliphatic rings. The van der Waals surface area contributed by atoms with E-state index in [9.17, 15) is 30.6 Å². The molecule has 0 saturated heterocycles. The molecule has 2 fully saturated rings. The summed E-state index contributed by atoms with van der Waals surface area (Å²) < 4.78 is 25.3. The van der Waals surface area contributed by atoms with E-state index in [1.807, 2.05) is 22.9 Å². The number of phenols is 3. The molecule has 7 unspecified atom stereocenters. The van der Waals surface area contributed by atoms with Crippen molar-refractivity contribution in [1.29, 1.82) is 0 Å². The van der Waals surface area contributed by atoms with Crippen molar-refractivity contribution in [1.82, 2.24) is 0 Å². The van der Waals surface area contributed by atoms with Crippen LogP contribution < -0.4 is 18.9 Å². The van der Waals surface area contributed by atoms with Crippen molar-refractivity contribution in [2.45, 2.75) is 106 Å². The molecule has 2 aliphatic heterocycles. The Labute approximate surface area is 318 Å². The van der Waals surface area contributed by atoms with Crippen LogP contribution in [0.2, 0.25) is 0 Å². The molecule has 0 aromatic heterocycles. The predicted molar refractivity (Wildman–Crippen MR) is 205 cm³/mol. The lowest BCUT2D eigenvalue weighted by Crippen LogP contribution is -2.57. The largest absolute Gasteiger partial charge is 0.508 e. The van der Waals surface area contributed by atoms with Crippen molar-refractivity contribution in [3.8, 4) is 51.4 Å². The average Bonchev–Trinajstić information content (AvgIpc) is 3.66. The summed E-state index contributed by atoms with van der Waals surface area (Å²) in [5.74, 6) is 0.939. The van der Waals surface area contributed by atoms with Gasteiger partial charge < -0.3 is 49.6 Å². The Hall–Kier alpha value is -3.16. The molecule has 2 heterocycles. The molecule has 3 aliphatic carbocycles. The molecule has 4 bridgehead atoms. The van der Waals surface area contributed by atoms with E-state index >= 15 is 0 Å². The van der Waals surface area contributed by atoms with Gasteiger partial charge in [-0.3, -0.25) is 0 Å². The van der Waals surface area contributed by atoms with Crippen LogP contribution in [0.1, 0.15) is 105 Å². The number of hydrogen-bond donors (Lipinski definition) is 6. The summed E-state index contributed by atoms with van der Waals surface area (Å²) in [6.07, 6.45) is 6.32. The van der Waals surface area contributed by atoms with Gasteiger partial charge in [-0.05, 0) is 98.1 Å². The van der Waals surface area contributed by atoms with Gasteiger partial charge in [0.15, 0.2) is 17.1 Å². The minimum atomic E-state index is -1.45. The van der Waals surface area contributed by atoms with E-state index in [0.29, 0.717) is 30.3 Å². The van der Waals surface area contributed by atoms with Crippen LogP contribution in [0.15, 0.2) is 30.3 Å². The summed E-state index contributed by atoms with van der Waals surface area (Å²) in [7, 11) is 4.99. The second-order valence-electron chi connectivity index (χ2n) is 15.4. The maximum atomic E-state index is 12.9. The van der Waals surface area contributed by atoms with Gasteiger partial charge in [0.1, 0.15) is 30.0 Å². The minimum absolute atomic E-state index is 0.0213. The lowest BCUT2D eigenvalue weighted by molar-refractivity contribution is -0.112. The van der Waals surface area contributed by atoms with E-state index in [4.69, 9.17) is 18.9 Å². The number of aromatic hydroxyl groups is 3. The van der Waals surface area contributed by atoms with Crippen LogP contribution in [0.5, 0.6) is 40.2 Å². The fourth-order valence-corrected chi connectivity index (χ4v) is 12.9. The number of hydrogen-bond acceptors (Lipinski definition) is 12. The molecule has 3 aromatic carbocycles. The third kappa shape index (κ3) is 6.16. The summed E-state index contributed by atoms with van der Waals surface area (Å²) >= 11 is 0. The van der Waals surface area contributed by atoms with Crippen molar-refractivity contribution in [3.05, 3.63) is 52.6 Å². The fourth-order valence-electron chi connectivity index (χ4n) is 9.79. The Morgan fingerprint density at radius 2 is 1.74 bits per heavy atom. The number of aliphatic hydroxyl groups is 3. The molecule has 286 valence electrons. The van der Waals surface area contributed by atoms with E-state index < -0.39 is 23.5 Å². The molecule has 3 aromatic rings. The van der Waals surface area contributed by atoms with Gasteiger partial charge in [0.2, 0.25) is 11.5 Å². The Bertz CT molecular complexity index is 1850. The monoisotopic (exact) mass is 766 g/mol. The highest BCUT2D eigenvalue weighted by Crippen LogP contribution is 2.65. The first-order valence-electron chi connectivity index (χ1n) is 19.0. The van der Waals surface area contributed by atoms with E-state index in [1.54, 1.807) is 29.0 Å². The Morgan fingerprint density at radius 1 is 0.925 bits per heavy atom. The average molecular weight is 767 g/mol. The molecule has 6 N–H and O–H groups in total. The molecule has 53 heavy (non-hydrogen) atoms. The second-order valence-corrected chi connectivity index (χ2v) is 18.1. The van der Waals surface area contributed by atoms with Crippen molar-refractivity contribution >= 4 is 21.6 Å². The zero-order valence-corrected chi connectivity index (χ0v) is 31.9. The topological polar surface area (TPSA) is 158 Å². The van der Waals surface area contributed by atoms with Gasteiger partial charge in [-0.15, -0.1) is 0 Å². The first kappa shape index (κ1) is 36.8. The van der Waals surface area contributed by atoms with Crippen LogP contribution in [0.4, 0.5) is 0 Å². The molecule has 2 saturated carbocycles. The lowest BCUT2D eigenvalue weighted by Gasteiger charge is -2.54. The Morgan fingerprint density at radius 3 is 2.49 bits per heavy atom. The van der Waals surface area contributed by atoms with E-state index in [0.717, 1.165) is 78.5 Å². The number of fused-ring (bicyclic) bond motifs is 5. The molecule has 8 rings (SSSR count). The molecule has 12 heteroatoms. The maximum Gasteiger partial charge on any atom is 0.207 e. The quantitative estimate of drug-likeness (QED) is 0.126. The molecule has 7 atom stereocenters. The highest BCUT2D eigenvalue weighted by atomic mass is 33.1. The van der Waals surface area contributed by atoms with Gasteiger partial charge in [-0.2, -0.15) is 0 Å². The second kappa shape index (κ2) is 14.8. The standard InChI is InChI=1S/C41H50O10S2/c1-21-7-9-24-26-17-22(44)8-10-25(26)33-29(49-15-14-42)19-30-35(34(33)27(24)20-43)36-32(53-52-16-12-21)11-13-41(51-30,40(36)47)28-18-31(50-23-5-3-4-6-23)38(46)39(48-2)37(28)45/h8,10,17-19,21,23-24,27,32,36,40,42-47H,3-7,9,11-16,20H2,1-2H3. The summed E-state index contributed by atoms with van der Waals surface area (Å²) in [6.45, 7) is 1.91. The number of aliphatic hydroxyl groups excluding tert-OH is 3. The lowest BCUT2D eigenvalue weighted by atomic mass is 9.62. The normalized spacial score (nSPS) is 29.3. The Kier molecular flexibility index (Phi) is 10.3. The van der Waals surface area contributed by atoms with Crippen molar-refractivity contribution < 1.29 is 49.6 Å². The van der Waals surface area contributed by atoms with Crippen LogP contribution in [0, 0.1) is 5.92 Å². The van der Waals surface area contributed by atoms with Crippen LogP contribution >= 0.6 is 21.6 Å². The summed E-state index contributed by atoms with van der Waals surface area (Å²) in [4.78, 5) is 0. The predicted octanol–water partition coefficient (Wildman–Crippen LogP) is 7.44. The number of rotatable bonds is 8. The molecule has 0 radical (unpaired) electrons. The SMILES string of the molecule is COc1c(O)c(OC2CCCC2)cc(C23CCC4SSCCC(C)CCC5c6cc(O)ccc6-c6c(OCCO)cc(c(c6C5CO)C4C2O)O3)c1O. The summed E-state index contributed by atoms with van der Waals surface area (Å²) in [5.41, 5.74) is 3.12. The zero-order valence-electron chi connectivity index (χ0n) is 30.3.